The summed E-state index contributed by atoms with van der Waals surface area (Å²) in [5.41, 5.74) is 0.823. The van der Waals surface area contributed by atoms with Crippen LogP contribution in [-0.4, -0.2) is 30.6 Å². The van der Waals surface area contributed by atoms with Crippen LogP contribution in [-0.2, 0) is 0 Å². The molecular formula is C16H25FN2. The fourth-order valence-electron chi connectivity index (χ4n) is 2.87. The zero-order valence-corrected chi connectivity index (χ0v) is 12.0. The Balaban J connectivity index is 2.05. The van der Waals surface area contributed by atoms with E-state index in [-0.39, 0.29) is 11.9 Å². The maximum absolute atomic E-state index is 13.9. The molecule has 0 amide bonds. The zero-order chi connectivity index (χ0) is 13.7. The van der Waals surface area contributed by atoms with Crippen LogP contribution in [0.2, 0.25) is 0 Å². The van der Waals surface area contributed by atoms with Gasteiger partial charge in [0.25, 0.3) is 0 Å². The number of halogens is 1. The normalized spacial score (nSPS) is 23.6. The SMILES string of the molecule is CCC1CCN(C(C)c2ccccc2F)CCCN1. The Hall–Kier alpha value is -0.930. The van der Waals surface area contributed by atoms with Gasteiger partial charge in [-0.25, -0.2) is 4.39 Å². The fourth-order valence-corrected chi connectivity index (χ4v) is 2.87. The van der Waals surface area contributed by atoms with E-state index in [9.17, 15) is 4.39 Å². The molecule has 0 bridgehead atoms. The van der Waals surface area contributed by atoms with Crippen LogP contribution in [0.3, 0.4) is 0 Å². The second-order valence-corrected chi connectivity index (χ2v) is 5.43. The topological polar surface area (TPSA) is 15.3 Å². The molecule has 3 heteroatoms. The lowest BCUT2D eigenvalue weighted by Crippen LogP contribution is -2.40. The number of hydrogen-bond acceptors (Lipinski definition) is 2. The van der Waals surface area contributed by atoms with E-state index in [1.54, 1.807) is 12.1 Å². The molecule has 106 valence electrons. The Morgan fingerprint density at radius 2 is 2.16 bits per heavy atom. The number of benzene rings is 1. The van der Waals surface area contributed by atoms with E-state index in [1.165, 1.54) is 6.42 Å². The zero-order valence-electron chi connectivity index (χ0n) is 12.0. The molecule has 1 aromatic rings. The van der Waals surface area contributed by atoms with Crippen molar-refractivity contribution in [3.05, 3.63) is 35.6 Å². The molecule has 0 radical (unpaired) electrons. The second-order valence-electron chi connectivity index (χ2n) is 5.43. The average molecular weight is 264 g/mol. The second kappa shape index (κ2) is 7.01. The van der Waals surface area contributed by atoms with E-state index < -0.39 is 0 Å². The van der Waals surface area contributed by atoms with Gasteiger partial charge in [0.05, 0.1) is 0 Å². The van der Waals surface area contributed by atoms with Crippen LogP contribution in [0.4, 0.5) is 4.39 Å². The summed E-state index contributed by atoms with van der Waals surface area (Å²) in [6.45, 7) is 7.50. The Labute approximate surface area is 116 Å². The number of nitrogens with one attached hydrogen (secondary N) is 1. The summed E-state index contributed by atoms with van der Waals surface area (Å²) in [6, 6.07) is 7.93. The van der Waals surface area contributed by atoms with Crippen LogP contribution >= 0.6 is 0 Å². The van der Waals surface area contributed by atoms with Crippen molar-refractivity contribution in [2.24, 2.45) is 0 Å². The molecule has 1 aromatic carbocycles. The summed E-state index contributed by atoms with van der Waals surface area (Å²) in [5, 5.41) is 3.58. The minimum absolute atomic E-state index is 0.0813. The molecule has 2 rings (SSSR count). The molecule has 1 fully saturated rings. The monoisotopic (exact) mass is 264 g/mol. The van der Waals surface area contributed by atoms with E-state index >= 15 is 0 Å². The third kappa shape index (κ3) is 3.77. The summed E-state index contributed by atoms with van der Waals surface area (Å²) in [4.78, 5) is 2.42. The van der Waals surface area contributed by atoms with Crippen LogP contribution in [0, 0.1) is 5.82 Å². The molecule has 19 heavy (non-hydrogen) atoms. The summed E-state index contributed by atoms with van der Waals surface area (Å²) in [6.07, 6.45) is 3.45. The van der Waals surface area contributed by atoms with E-state index in [4.69, 9.17) is 0 Å². The maximum atomic E-state index is 13.9. The van der Waals surface area contributed by atoms with Crippen LogP contribution in [0.5, 0.6) is 0 Å². The highest BCUT2D eigenvalue weighted by Gasteiger charge is 2.20. The number of rotatable bonds is 3. The molecule has 0 spiro atoms. The molecule has 1 aliphatic heterocycles. The molecule has 0 saturated carbocycles. The lowest BCUT2D eigenvalue weighted by Gasteiger charge is -2.33. The molecule has 1 saturated heterocycles. The predicted octanol–water partition coefficient (Wildman–Crippen LogP) is 3.35. The number of hydrogen-bond donors (Lipinski definition) is 1. The van der Waals surface area contributed by atoms with Gasteiger partial charge in [-0.2, -0.15) is 0 Å². The largest absolute Gasteiger partial charge is 0.314 e. The van der Waals surface area contributed by atoms with Gasteiger partial charge in [-0.15, -0.1) is 0 Å². The third-order valence-corrected chi connectivity index (χ3v) is 4.22. The number of nitrogens with zero attached hydrogens (tertiary/aromatic N) is 1. The summed E-state index contributed by atoms with van der Waals surface area (Å²) in [7, 11) is 0. The van der Waals surface area contributed by atoms with E-state index in [2.05, 4.69) is 24.1 Å². The smallest absolute Gasteiger partial charge is 0.127 e. The molecule has 2 unspecified atom stereocenters. The van der Waals surface area contributed by atoms with Gasteiger partial charge in [-0.1, -0.05) is 25.1 Å². The van der Waals surface area contributed by atoms with E-state index in [1.807, 2.05) is 12.1 Å². The van der Waals surface area contributed by atoms with Crippen molar-refractivity contribution >= 4 is 0 Å². The highest BCUT2D eigenvalue weighted by atomic mass is 19.1. The lowest BCUT2D eigenvalue weighted by atomic mass is 10.0. The first-order valence-electron chi connectivity index (χ1n) is 7.44. The Kier molecular flexibility index (Phi) is 5.34. The summed E-state index contributed by atoms with van der Waals surface area (Å²) < 4.78 is 13.9. The van der Waals surface area contributed by atoms with Gasteiger partial charge in [0.2, 0.25) is 0 Å². The van der Waals surface area contributed by atoms with Gasteiger partial charge in [0.15, 0.2) is 0 Å². The summed E-state index contributed by atoms with van der Waals surface area (Å²) >= 11 is 0. The van der Waals surface area contributed by atoms with Gasteiger partial charge in [-0.3, -0.25) is 4.90 Å². The summed E-state index contributed by atoms with van der Waals surface area (Å²) in [5.74, 6) is -0.0813. The van der Waals surface area contributed by atoms with Crippen molar-refractivity contribution in [1.29, 1.82) is 0 Å². The minimum Gasteiger partial charge on any atom is -0.314 e. The predicted molar refractivity (Wildman–Crippen MR) is 77.7 cm³/mol. The first kappa shape index (κ1) is 14.5. The molecule has 2 atom stereocenters. The Morgan fingerprint density at radius 1 is 1.37 bits per heavy atom. The Morgan fingerprint density at radius 3 is 2.89 bits per heavy atom. The fraction of sp³-hybridized carbons (Fsp3) is 0.625. The van der Waals surface area contributed by atoms with E-state index in [0.29, 0.717) is 6.04 Å². The molecule has 2 nitrogen and oxygen atoms in total. The highest BCUT2D eigenvalue weighted by Crippen LogP contribution is 2.24. The standard InChI is InChI=1S/C16H25FN2/c1-3-14-9-12-19(11-6-10-18-14)13(2)15-7-4-5-8-16(15)17/h4-5,7-8,13-14,18H,3,6,9-12H2,1-2H3. The molecule has 1 N–H and O–H groups in total. The maximum Gasteiger partial charge on any atom is 0.127 e. The van der Waals surface area contributed by atoms with E-state index in [0.717, 1.165) is 38.0 Å². The first-order chi connectivity index (χ1) is 9.22. The molecule has 1 aliphatic rings. The molecule has 0 aliphatic carbocycles. The van der Waals surface area contributed by atoms with Crippen molar-refractivity contribution in [3.8, 4) is 0 Å². The van der Waals surface area contributed by atoms with Gasteiger partial charge in [-0.05, 0) is 45.3 Å². The van der Waals surface area contributed by atoms with Gasteiger partial charge >= 0.3 is 0 Å². The van der Waals surface area contributed by atoms with Crippen molar-refractivity contribution < 1.29 is 4.39 Å². The van der Waals surface area contributed by atoms with Crippen molar-refractivity contribution in [2.75, 3.05) is 19.6 Å². The average Bonchev–Trinajstić information content (AvgIpc) is 2.39. The highest BCUT2D eigenvalue weighted by molar-refractivity contribution is 5.20. The molecular weight excluding hydrogens is 239 g/mol. The van der Waals surface area contributed by atoms with Crippen LogP contribution in [0.25, 0.3) is 0 Å². The van der Waals surface area contributed by atoms with Crippen molar-refractivity contribution in [2.45, 2.75) is 45.2 Å². The van der Waals surface area contributed by atoms with Gasteiger partial charge < -0.3 is 5.32 Å². The quantitative estimate of drug-likeness (QED) is 0.900. The lowest BCUT2D eigenvalue weighted by molar-refractivity contribution is 0.178. The minimum atomic E-state index is -0.0813. The Bertz CT molecular complexity index is 394. The molecule has 0 aromatic heterocycles. The van der Waals surface area contributed by atoms with Crippen molar-refractivity contribution in [1.82, 2.24) is 10.2 Å². The van der Waals surface area contributed by atoms with Crippen LogP contribution < -0.4 is 5.32 Å². The van der Waals surface area contributed by atoms with Gasteiger partial charge in [0, 0.05) is 24.2 Å². The van der Waals surface area contributed by atoms with Crippen LogP contribution in [0.1, 0.15) is 44.7 Å². The molecule has 1 heterocycles. The first-order valence-corrected chi connectivity index (χ1v) is 7.44. The third-order valence-electron chi connectivity index (χ3n) is 4.22. The van der Waals surface area contributed by atoms with Crippen molar-refractivity contribution in [3.63, 3.8) is 0 Å². The van der Waals surface area contributed by atoms with Gasteiger partial charge in [0.1, 0.15) is 5.82 Å². The van der Waals surface area contributed by atoms with Crippen LogP contribution in [0.15, 0.2) is 24.3 Å².